The maximum atomic E-state index is 11.5. The number of aryl methyl sites for hydroxylation is 1. The molecule has 0 radical (unpaired) electrons. The van der Waals surface area contributed by atoms with Crippen LogP contribution in [0.3, 0.4) is 0 Å². The molecule has 0 unspecified atom stereocenters. The van der Waals surface area contributed by atoms with Crippen LogP contribution in [0.2, 0.25) is 0 Å². The van der Waals surface area contributed by atoms with Crippen LogP contribution in [-0.4, -0.2) is 19.2 Å². The van der Waals surface area contributed by atoms with Crippen LogP contribution in [0.5, 0.6) is 0 Å². The second-order valence-electron chi connectivity index (χ2n) is 5.11. The highest BCUT2D eigenvalue weighted by atomic mass is 32.2. The fraction of sp³-hybridized carbons (Fsp3) is 0.583. The fourth-order valence-electron chi connectivity index (χ4n) is 1.29. The molecule has 1 aromatic heterocycles. The van der Waals surface area contributed by atoms with E-state index >= 15 is 0 Å². The van der Waals surface area contributed by atoms with Gasteiger partial charge in [0.2, 0.25) is 10.0 Å². The predicted molar refractivity (Wildman–Crippen MR) is 70.8 cm³/mol. The molecule has 0 aromatic carbocycles. The van der Waals surface area contributed by atoms with E-state index in [1.807, 2.05) is 6.07 Å². The number of nitrogens with one attached hydrogen (secondary N) is 1. The van der Waals surface area contributed by atoms with E-state index in [9.17, 15) is 8.42 Å². The normalized spacial score (nSPS) is 12.5. The standard InChI is InChI=1S/C12H20N2O2S/c1-6-17(15,16)14-11-7-10(12(3,4)5)8-13-9(11)2/h7-8,14H,6H2,1-5H3. The van der Waals surface area contributed by atoms with Crippen molar-refractivity contribution in [2.75, 3.05) is 10.5 Å². The van der Waals surface area contributed by atoms with Crippen molar-refractivity contribution in [3.63, 3.8) is 0 Å². The van der Waals surface area contributed by atoms with Gasteiger partial charge < -0.3 is 0 Å². The van der Waals surface area contributed by atoms with Crippen molar-refractivity contribution in [2.24, 2.45) is 0 Å². The van der Waals surface area contributed by atoms with E-state index in [1.54, 1.807) is 20.0 Å². The molecule has 1 N–H and O–H groups in total. The Morgan fingerprint density at radius 1 is 1.35 bits per heavy atom. The van der Waals surface area contributed by atoms with Crippen molar-refractivity contribution in [2.45, 2.75) is 40.0 Å². The Morgan fingerprint density at radius 3 is 2.41 bits per heavy atom. The Kier molecular flexibility index (Phi) is 3.81. The molecular formula is C12H20N2O2S. The van der Waals surface area contributed by atoms with Gasteiger partial charge in [-0.15, -0.1) is 0 Å². The van der Waals surface area contributed by atoms with Crippen LogP contribution < -0.4 is 4.72 Å². The van der Waals surface area contributed by atoms with Crippen molar-refractivity contribution in [3.05, 3.63) is 23.5 Å². The summed E-state index contributed by atoms with van der Waals surface area (Å²) in [6.07, 6.45) is 1.79. The summed E-state index contributed by atoms with van der Waals surface area (Å²) in [5, 5.41) is 0. The Hall–Kier alpha value is -1.10. The molecule has 0 spiro atoms. The molecular weight excluding hydrogens is 236 g/mol. The molecule has 0 amide bonds. The lowest BCUT2D eigenvalue weighted by atomic mass is 9.88. The van der Waals surface area contributed by atoms with Gasteiger partial charge in [0.1, 0.15) is 0 Å². The molecule has 1 aromatic rings. The molecule has 0 aliphatic heterocycles. The summed E-state index contributed by atoms with van der Waals surface area (Å²) in [6, 6.07) is 1.86. The van der Waals surface area contributed by atoms with Gasteiger partial charge >= 0.3 is 0 Å². The number of sulfonamides is 1. The first-order valence-electron chi connectivity index (χ1n) is 5.63. The predicted octanol–water partition coefficient (Wildman–Crippen LogP) is 2.45. The third-order valence-electron chi connectivity index (χ3n) is 2.60. The van der Waals surface area contributed by atoms with E-state index in [0.29, 0.717) is 11.4 Å². The summed E-state index contributed by atoms with van der Waals surface area (Å²) in [5.74, 6) is 0.0617. The van der Waals surface area contributed by atoms with Crippen molar-refractivity contribution in [1.82, 2.24) is 4.98 Å². The second kappa shape index (κ2) is 4.64. The number of hydrogen-bond acceptors (Lipinski definition) is 3. The van der Waals surface area contributed by atoms with E-state index in [0.717, 1.165) is 5.56 Å². The number of hydrogen-bond donors (Lipinski definition) is 1. The zero-order chi connectivity index (χ0) is 13.3. The van der Waals surface area contributed by atoms with E-state index < -0.39 is 10.0 Å². The van der Waals surface area contributed by atoms with E-state index in [4.69, 9.17) is 0 Å². The largest absolute Gasteiger partial charge is 0.282 e. The number of anilines is 1. The van der Waals surface area contributed by atoms with Crippen molar-refractivity contribution < 1.29 is 8.42 Å². The minimum absolute atomic E-state index is 0.0485. The third kappa shape index (κ3) is 3.70. The maximum Gasteiger partial charge on any atom is 0.232 e. The van der Waals surface area contributed by atoms with Crippen LogP contribution in [0.25, 0.3) is 0 Å². The van der Waals surface area contributed by atoms with Gasteiger partial charge in [0, 0.05) is 6.20 Å². The number of pyridine rings is 1. The molecule has 1 heterocycles. The molecule has 1 rings (SSSR count). The lowest BCUT2D eigenvalue weighted by Crippen LogP contribution is -2.18. The van der Waals surface area contributed by atoms with E-state index in [2.05, 4.69) is 30.5 Å². The van der Waals surface area contributed by atoms with E-state index in [-0.39, 0.29) is 11.2 Å². The quantitative estimate of drug-likeness (QED) is 0.903. The van der Waals surface area contributed by atoms with Crippen LogP contribution in [0.1, 0.15) is 39.0 Å². The Balaban J connectivity index is 3.17. The third-order valence-corrected chi connectivity index (χ3v) is 3.89. The summed E-state index contributed by atoms with van der Waals surface area (Å²) in [7, 11) is -3.25. The molecule has 0 fully saturated rings. The van der Waals surface area contributed by atoms with Crippen LogP contribution >= 0.6 is 0 Å². The molecule has 96 valence electrons. The van der Waals surface area contributed by atoms with Gasteiger partial charge in [0.05, 0.1) is 17.1 Å². The van der Waals surface area contributed by atoms with E-state index in [1.165, 1.54) is 0 Å². The van der Waals surface area contributed by atoms with Crippen LogP contribution in [0, 0.1) is 6.92 Å². The van der Waals surface area contributed by atoms with Gasteiger partial charge in [-0.25, -0.2) is 8.42 Å². The first-order chi connectivity index (χ1) is 7.65. The highest BCUT2D eigenvalue weighted by Crippen LogP contribution is 2.25. The minimum Gasteiger partial charge on any atom is -0.282 e. The van der Waals surface area contributed by atoms with Crippen LogP contribution in [0.15, 0.2) is 12.3 Å². The number of nitrogens with zero attached hydrogens (tertiary/aromatic N) is 1. The summed E-state index contributed by atoms with van der Waals surface area (Å²) in [6.45, 7) is 9.60. The topological polar surface area (TPSA) is 59.1 Å². The van der Waals surface area contributed by atoms with Crippen molar-refractivity contribution >= 4 is 15.7 Å². The average Bonchev–Trinajstić information content (AvgIpc) is 2.19. The Bertz CT molecular complexity index is 502. The number of aromatic nitrogens is 1. The average molecular weight is 256 g/mol. The van der Waals surface area contributed by atoms with Crippen molar-refractivity contribution in [3.8, 4) is 0 Å². The van der Waals surface area contributed by atoms with Gasteiger partial charge in [-0.1, -0.05) is 20.8 Å². The molecule has 0 aliphatic rings. The summed E-state index contributed by atoms with van der Waals surface area (Å²) < 4.78 is 25.6. The highest BCUT2D eigenvalue weighted by Gasteiger charge is 2.17. The van der Waals surface area contributed by atoms with Crippen molar-refractivity contribution in [1.29, 1.82) is 0 Å². The summed E-state index contributed by atoms with van der Waals surface area (Å²) >= 11 is 0. The monoisotopic (exact) mass is 256 g/mol. The smallest absolute Gasteiger partial charge is 0.232 e. The minimum atomic E-state index is -3.25. The lowest BCUT2D eigenvalue weighted by molar-refractivity contribution is 0.586. The van der Waals surface area contributed by atoms with Crippen LogP contribution in [-0.2, 0) is 15.4 Å². The Morgan fingerprint density at radius 2 is 1.94 bits per heavy atom. The zero-order valence-electron chi connectivity index (χ0n) is 11.0. The molecule has 0 bridgehead atoms. The summed E-state index contributed by atoms with van der Waals surface area (Å²) in [5.41, 5.74) is 2.22. The van der Waals surface area contributed by atoms with Gasteiger partial charge in [-0.2, -0.15) is 0 Å². The molecule has 0 saturated heterocycles. The van der Waals surface area contributed by atoms with Gasteiger partial charge in [0.15, 0.2) is 0 Å². The molecule has 4 nitrogen and oxygen atoms in total. The van der Waals surface area contributed by atoms with Gasteiger partial charge in [0.25, 0.3) is 0 Å². The van der Waals surface area contributed by atoms with Gasteiger partial charge in [-0.05, 0) is 30.9 Å². The molecule has 5 heteroatoms. The first kappa shape index (κ1) is 14.0. The molecule has 17 heavy (non-hydrogen) atoms. The molecule has 0 atom stereocenters. The second-order valence-corrected chi connectivity index (χ2v) is 7.12. The number of rotatable bonds is 3. The Labute approximate surface area is 104 Å². The maximum absolute atomic E-state index is 11.5. The van der Waals surface area contributed by atoms with Crippen LogP contribution in [0.4, 0.5) is 5.69 Å². The summed E-state index contributed by atoms with van der Waals surface area (Å²) in [4.78, 5) is 4.24. The zero-order valence-corrected chi connectivity index (χ0v) is 11.9. The fourth-order valence-corrected chi connectivity index (χ4v) is 1.97. The molecule has 0 aliphatic carbocycles. The highest BCUT2D eigenvalue weighted by molar-refractivity contribution is 7.92. The SMILES string of the molecule is CCS(=O)(=O)Nc1cc(C(C)(C)C)cnc1C. The first-order valence-corrected chi connectivity index (χ1v) is 7.28. The van der Waals surface area contributed by atoms with Gasteiger partial charge in [-0.3, -0.25) is 9.71 Å². The molecule has 0 saturated carbocycles. The lowest BCUT2D eigenvalue weighted by Gasteiger charge is -2.20.